The first-order valence-corrected chi connectivity index (χ1v) is 4.60. The van der Waals surface area contributed by atoms with Crippen LogP contribution in [0.2, 0.25) is 0 Å². The highest BCUT2D eigenvalue weighted by molar-refractivity contribution is 5.74. The molecular formula is C8H15N5O2. The standard InChI is InChI=1S/C8H15N5O2/c1-13-5-7(11-12-13)4-10-2-3-15-6-8(9)14/h5,10H,2-4,6H2,1H3,(H2,9,14). The van der Waals surface area contributed by atoms with Gasteiger partial charge in [-0.15, -0.1) is 5.10 Å². The fraction of sp³-hybridized carbons (Fsp3) is 0.625. The monoisotopic (exact) mass is 213 g/mol. The van der Waals surface area contributed by atoms with Gasteiger partial charge in [-0.1, -0.05) is 5.21 Å². The largest absolute Gasteiger partial charge is 0.370 e. The van der Waals surface area contributed by atoms with Crippen LogP contribution in [0.15, 0.2) is 6.20 Å². The lowest BCUT2D eigenvalue weighted by Crippen LogP contribution is -2.23. The zero-order chi connectivity index (χ0) is 11.1. The van der Waals surface area contributed by atoms with Crippen LogP contribution in [-0.4, -0.2) is 40.7 Å². The summed E-state index contributed by atoms with van der Waals surface area (Å²) >= 11 is 0. The molecule has 0 spiro atoms. The van der Waals surface area contributed by atoms with Crippen molar-refractivity contribution in [2.24, 2.45) is 12.8 Å². The molecule has 0 aromatic carbocycles. The minimum atomic E-state index is -0.455. The Labute approximate surface area is 87.6 Å². The van der Waals surface area contributed by atoms with Crippen LogP contribution in [0.4, 0.5) is 0 Å². The Balaban J connectivity index is 2.00. The van der Waals surface area contributed by atoms with Gasteiger partial charge in [0.15, 0.2) is 0 Å². The third-order valence-electron chi connectivity index (χ3n) is 1.62. The number of ether oxygens (including phenoxy) is 1. The fourth-order valence-corrected chi connectivity index (χ4v) is 1.01. The maximum Gasteiger partial charge on any atom is 0.243 e. The smallest absolute Gasteiger partial charge is 0.243 e. The van der Waals surface area contributed by atoms with Gasteiger partial charge in [-0.2, -0.15) is 0 Å². The van der Waals surface area contributed by atoms with E-state index >= 15 is 0 Å². The van der Waals surface area contributed by atoms with Crippen LogP contribution in [0.5, 0.6) is 0 Å². The van der Waals surface area contributed by atoms with Crippen molar-refractivity contribution in [2.45, 2.75) is 6.54 Å². The first-order valence-electron chi connectivity index (χ1n) is 4.60. The number of nitrogens with one attached hydrogen (secondary N) is 1. The number of nitrogens with two attached hydrogens (primary N) is 1. The summed E-state index contributed by atoms with van der Waals surface area (Å²) < 4.78 is 6.60. The van der Waals surface area contributed by atoms with Gasteiger partial charge in [-0.3, -0.25) is 9.48 Å². The topological polar surface area (TPSA) is 95.1 Å². The van der Waals surface area contributed by atoms with E-state index in [0.717, 1.165) is 5.69 Å². The van der Waals surface area contributed by atoms with Gasteiger partial charge in [0.2, 0.25) is 5.91 Å². The molecule has 15 heavy (non-hydrogen) atoms. The summed E-state index contributed by atoms with van der Waals surface area (Å²) in [5.74, 6) is -0.455. The van der Waals surface area contributed by atoms with E-state index in [1.807, 2.05) is 13.2 Å². The molecule has 0 bridgehead atoms. The Morgan fingerprint density at radius 2 is 2.53 bits per heavy atom. The maximum atomic E-state index is 10.3. The summed E-state index contributed by atoms with van der Waals surface area (Å²) in [5, 5.41) is 10.8. The third-order valence-corrected chi connectivity index (χ3v) is 1.62. The Bertz CT molecular complexity index is 312. The quantitative estimate of drug-likeness (QED) is 0.532. The molecule has 1 amide bonds. The van der Waals surface area contributed by atoms with Gasteiger partial charge < -0.3 is 15.8 Å². The van der Waals surface area contributed by atoms with Crippen molar-refractivity contribution in [3.8, 4) is 0 Å². The van der Waals surface area contributed by atoms with Gasteiger partial charge >= 0.3 is 0 Å². The minimum absolute atomic E-state index is 0.0349. The van der Waals surface area contributed by atoms with Crippen molar-refractivity contribution in [1.29, 1.82) is 0 Å². The molecule has 1 aromatic heterocycles. The van der Waals surface area contributed by atoms with Gasteiger partial charge in [-0.05, 0) is 0 Å². The van der Waals surface area contributed by atoms with E-state index in [1.54, 1.807) is 4.68 Å². The van der Waals surface area contributed by atoms with Gasteiger partial charge in [0.05, 0.1) is 12.3 Å². The van der Waals surface area contributed by atoms with Crippen molar-refractivity contribution in [2.75, 3.05) is 19.8 Å². The summed E-state index contributed by atoms with van der Waals surface area (Å²) in [6.07, 6.45) is 1.83. The SMILES string of the molecule is Cn1cc(CNCCOCC(N)=O)nn1. The van der Waals surface area contributed by atoms with Crippen LogP contribution in [0, 0.1) is 0 Å². The molecule has 0 radical (unpaired) electrons. The van der Waals surface area contributed by atoms with Crippen LogP contribution in [0.1, 0.15) is 5.69 Å². The fourth-order valence-electron chi connectivity index (χ4n) is 1.01. The Morgan fingerprint density at radius 3 is 3.13 bits per heavy atom. The Morgan fingerprint density at radius 1 is 1.73 bits per heavy atom. The molecule has 0 aliphatic rings. The normalized spacial score (nSPS) is 10.5. The lowest BCUT2D eigenvalue weighted by Gasteiger charge is -2.02. The van der Waals surface area contributed by atoms with E-state index in [4.69, 9.17) is 10.5 Å². The highest BCUT2D eigenvalue weighted by Gasteiger charge is 1.97. The number of hydrogen-bond acceptors (Lipinski definition) is 5. The lowest BCUT2D eigenvalue weighted by atomic mass is 10.4. The van der Waals surface area contributed by atoms with E-state index in [-0.39, 0.29) is 6.61 Å². The number of hydrogen-bond donors (Lipinski definition) is 2. The molecular weight excluding hydrogens is 198 g/mol. The first-order chi connectivity index (χ1) is 7.18. The van der Waals surface area contributed by atoms with Crippen molar-refractivity contribution >= 4 is 5.91 Å². The highest BCUT2D eigenvalue weighted by Crippen LogP contribution is 1.88. The third kappa shape index (κ3) is 5.08. The van der Waals surface area contributed by atoms with Gasteiger partial charge in [0.25, 0.3) is 0 Å². The van der Waals surface area contributed by atoms with E-state index in [1.165, 1.54) is 0 Å². The molecule has 7 heteroatoms. The molecule has 0 saturated heterocycles. The molecule has 0 aliphatic carbocycles. The number of nitrogens with zero attached hydrogens (tertiary/aromatic N) is 3. The second-order valence-corrected chi connectivity index (χ2v) is 3.08. The predicted octanol–water partition coefficient (Wildman–Crippen LogP) is -1.59. The first kappa shape index (κ1) is 11.6. The Kier molecular flexibility index (Phi) is 4.72. The summed E-state index contributed by atoms with van der Waals surface area (Å²) in [7, 11) is 1.81. The van der Waals surface area contributed by atoms with Crippen LogP contribution in [0.3, 0.4) is 0 Å². The number of aryl methyl sites for hydroxylation is 1. The highest BCUT2D eigenvalue weighted by atomic mass is 16.5. The van der Waals surface area contributed by atoms with Crippen molar-refractivity contribution in [3.63, 3.8) is 0 Å². The van der Waals surface area contributed by atoms with Crippen LogP contribution in [0.25, 0.3) is 0 Å². The molecule has 1 heterocycles. The molecule has 0 saturated carbocycles. The minimum Gasteiger partial charge on any atom is -0.370 e. The van der Waals surface area contributed by atoms with Gasteiger partial charge in [0, 0.05) is 26.3 Å². The van der Waals surface area contributed by atoms with E-state index in [9.17, 15) is 4.79 Å². The zero-order valence-electron chi connectivity index (χ0n) is 8.64. The molecule has 7 nitrogen and oxygen atoms in total. The van der Waals surface area contributed by atoms with Gasteiger partial charge in [-0.25, -0.2) is 0 Å². The Hall–Kier alpha value is -1.47. The van der Waals surface area contributed by atoms with Crippen molar-refractivity contribution in [1.82, 2.24) is 20.3 Å². The molecule has 0 atom stereocenters. The predicted molar refractivity (Wildman–Crippen MR) is 52.7 cm³/mol. The average molecular weight is 213 g/mol. The molecule has 1 aromatic rings. The van der Waals surface area contributed by atoms with Crippen LogP contribution in [-0.2, 0) is 23.1 Å². The van der Waals surface area contributed by atoms with Crippen molar-refractivity contribution in [3.05, 3.63) is 11.9 Å². The number of carbonyl (C=O) groups is 1. The summed E-state index contributed by atoms with van der Waals surface area (Å²) in [4.78, 5) is 10.3. The van der Waals surface area contributed by atoms with Crippen LogP contribution < -0.4 is 11.1 Å². The van der Waals surface area contributed by atoms with Gasteiger partial charge in [0.1, 0.15) is 6.61 Å². The number of carbonyl (C=O) groups excluding carboxylic acids is 1. The average Bonchev–Trinajstić information content (AvgIpc) is 2.57. The van der Waals surface area contributed by atoms with E-state index < -0.39 is 5.91 Å². The van der Waals surface area contributed by atoms with E-state index in [0.29, 0.717) is 19.7 Å². The van der Waals surface area contributed by atoms with E-state index in [2.05, 4.69) is 15.6 Å². The summed E-state index contributed by atoms with van der Waals surface area (Å²) in [6, 6.07) is 0. The second kappa shape index (κ2) is 6.10. The number of rotatable bonds is 7. The number of aromatic nitrogens is 3. The molecule has 0 fully saturated rings. The number of primary amides is 1. The van der Waals surface area contributed by atoms with Crippen molar-refractivity contribution < 1.29 is 9.53 Å². The molecule has 0 aliphatic heterocycles. The summed E-state index contributed by atoms with van der Waals surface area (Å²) in [5.41, 5.74) is 5.76. The summed E-state index contributed by atoms with van der Waals surface area (Å²) in [6.45, 7) is 1.69. The van der Waals surface area contributed by atoms with Crippen LogP contribution >= 0.6 is 0 Å². The lowest BCUT2D eigenvalue weighted by molar-refractivity contribution is -0.122. The number of amides is 1. The molecule has 84 valence electrons. The molecule has 1 rings (SSSR count). The second-order valence-electron chi connectivity index (χ2n) is 3.08. The molecule has 0 unspecified atom stereocenters. The maximum absolute atomic E-state index is 10.3. The molecule has 3 N–H and O–H groups in total. The zero-order valence-corrected chi connectivity index (χ0v) is 8.64.